The highest BCUT2D eigenvalue weighted by atomic mass is 35.5. The Morgan fingerprint density at radius 1 is 1.00 bits per heavy atom. The average molecular weight is 449 g/mol. The van der Waals surface area contributed by atoms with E-state index < -0.39 is 39.8 Å². The molecule has 1 rings (SSSR count). The Kier molecular flexibility index (Phi) is 7.72. The maximum atomic E-state index is 12.2. The van der Waals surface area contributed by atoms with E-state index in [1.54, 1.807) is 41.5 Å². The van der Waals surface area contributed by atoms with Gasteiger partial charge in [0.25, 0.3) is 5.24 Å². The van der Waals surface area contributed by atoms with Gasteiger partial charge in [0.05, 0.1) is 0 Å². The molecule has 0 saturated carbocycles. The molecule has 10 nitrogen and oxygen atoms in total. The fourth-order valence-electron chi connectivity index (χ4n) is 1.52. The molecule has 0 fully saturated rings. The zero-order valence-corrected chi connectivity index (χ0v) is 19.1. The second kappa shape index (κ2) is 9.04. The maximum Gasteiger partial charge on any atom is 0.414 e. The smallest absolute Gasteiger partial charge is 0.414 e. The van der Waals surface area contributed by atoms with Gasteiger partial charge in [0, 0.05) is 11.5 Å². The van der Waals surface area contributed by atoms with Gasteiger partial charge < -0.3 is 14.3 Å². The summed E-state index contributed by atoms with van der Waals surface area (Å²) in [5.74, 6) is -0.866. The third kappa shape index (κ3) is 8.73. The molecule has 0 aliphatic rings. The van der Waals surface area contributed by atoms with Crippen LogP contribution in [0.3, 0.4) is 0 Å². The van der Waals surface area contributed by atoms with Crippen LogP contribution in [0.15, 0.2) is 5.16 Å². The lowest BCUT2D eigenvalue weighted by atomic mass is 10.1. The van der Waals surface area contributed by atoms with Crippen molar-refractivity contribution < 1.29 is 28.7 Å². The summed E-state index contributed by atoms with van der Waals surface area (Å²) in [6, 6.07) is 0. The summed E-state index contributed by atoms with van der Waals surface area (Å²) in [4.78, 5) is 44.9. The molecule has 0 aliphatic heterocycles. The van der Waals surface area contributed by atoms with Crippen molar-refractivity contribution in [3.63, 3.8) is 0 Å². The van der Waals surface area contributed by atoms with Crippen LogP contribution in [0.25, 0.3) is 0 Å². The molecule has 1 aromatic rings. The number of amides is 1. The normalized spacial score (nSPS) is 12.9. The van der Waals surface area contributed by atoms with Crippen LogP contribution in [0.4, 0.5) is 9.93 Å². The van der Waals surface area contributed by atoms with Crippen LogP contribution >= 0.6 is 23.1 Å². The molecule has 1 N–H and O–H groups in total. The molecule has 0 unspecified atom stereocenters. The van der Waals surface area contributed by atoms with Crippen molar-refractivity contribution in [2.75, 3.05) is 5.32 Å². The minimum Gasteiger partial charge on any atom is -0.457 e. The molecule has 0 atom stereocenters. The minimum absolute atomic E-state index is 0.0614. The third-order valence-corrected chi connectivity index (χ3v) is 3.50. The molecule has 1 heterocycles. The van der Waals surface area contributed by atoms with E-state index in [-0.39, 0.29) is 11.0 Å². The predicted molar refractivity (Wildman–Crippen MR) is 108 cm³/mol. The lowest BCUT2D eigenvalue weighted by molar-refractivity contribution is -0.179. The topological polar surface area (TPSA) is 129 Å². The first-order chi connectivity index (χ1) is 13.0. The maximum absolute atomic E-state index is 12.2. The zero-order valence-electron chi connectivity index (χ0n) is 17.6. The Hall–Kier alpha value is -2.27. The number of halogens is 1. The number of rotatable bonds is 6. The highest BCUT2D eigenvalue weighted by Gasteiger charge is 2.36. The van der Waals surface area contributed by atoms with Crippen LogP contribution in [0.1, 0.15) is 61.2 Å². The lowest BCUT2D eigenvalue weighted by Crippen LogP contribution is -2.40. The summed E-state index contributed by atoms with van der Waals surface area (Å²) in [7, 11) is 0. The van der Waals surface area contributed by atoms with Gasteiger partial charge in [0.2, 0.25) is 22.3 Å². The first-order valence-electron chi connectivity index (χ1n) is 8.54. The van der Waals surface area contributed by atoms with E-state index in [1.807, 2.05) is 0 Å². The Morgan fingerprint density at radius 3 is 2.03 bits per heavy atom. The second-order valence-electron chi connectivity index (χ2n) is 8.37. The van der Waals surface area contributed by atoms with Crippen LogP contribution in [-0.2, 0) is 23.9 Å². The van der Waals surface area contributed by atoms with Crippen molar-refractivity contribution in [3.05, 3.63) is 5.82 Å². The van der Waals surface area contributed by atoms with Crippen molar-refractivity contribution in [2.45, 2.75) is 72.2 Å². The molecule has 12 heteroatoms. The number of ether oxygens (including phenoxy) is 2. The van der Waals surface area contributed by atoms with Crippen LogP contribution < -0.4 is 5.32 Å². The molecule has 1 aromatic heterocycles. The quantitative estimate of drug-likeness (QED) is 0.303. The van der Waals surface area contributed by atoms with Gasteiger partial charge in [-0.15, -0.1) is 0 Å². The molecular formula is C17H25ClN4O6S. The minimum atomic E-state index is -1.50. The summed E-state index contributed by atoms with van der Waals surface area (Å²) in [6.07, 6.45) is -0.738. The Labute approximate surface area is 178 Å². The van der Waals surface area contributed by atoms with Crippen molar-refractivity contribution in [1.29, 1.82) is 0 Å². The lowest BCUT2D eigenvalue weighted by Gasteiger charge is -2.26. The van der Waals surface area contributed by atoms with Gasteiger partial charge in [-0.3, -0.25) is 10.1 Å². The Morgan fingerprint density at radius 2 is 1.55 bits per heavy atom. The van der Waals surface area contributed by atoms with E-state index in [0.29, 0.717) is 0 Å². The highest BCUT2D eigenvalue weighted by Crippen LogP contribution is 2.19. The van der Waals surface area contributed by atoms with Crippen LogP contribution in [0.2, 0.25) is 0 Å². The standard InChI is InChI=1S/C17H25ClN4O6S/c1-15(2,3)26-12(24)17(7,8)28-21-9(10(18)23)11-19-13(29-22-11)20-14(25)27-16(4,5)6/h1-8H3,(H,19,20,22,25)/b21-9+. The summed E-state index contributed by atoms with van der Waals surface area (Å²) >= 11 is 6.33. The van der Waals surface area contributed by atoms with Gasteiger partial charge in [0.1, 0.15) is 11.2 Å². The fourth-order valence-corrected chi connectivity index (χ4v) is 2.20. The summed E-state index contributed by atoms with van der Waals surface area (Å²) in [5, 5.41) is 5.08. The largest absolute Gasteiger partial charge is 0.457 e. The number of nitrogens with one attached hydrogen (secondary N) is 1. The van der Waals surface area contributed by atoms with Crippen molar-refractivity contribution in [2.24, 2.45) is 5.16 Å². The average Bonchev–Trinajstić information content (AvgIpc) is 2.91. The molecule has 0 aliphatic carbocycles. The summed E-state index contributed by atoms with van der Waals surface area (Å²) in [5.41, 5.74) is -3.36. The van der Waals surface area contributed by atoms with Crippen molar-refractivity contribution >= 4 is 51.3 Å². The summed E-state index contributed by atoms with van der Waals surface area (Å²) in [6.45, 7) is 13.1. The second-order valence-corrected chi connectivity index (χ2v) is 9.46. The van der Waals surface area contributed by atoms with Gasteiger partial charge >= 0.3 is 12.1 Å². The Balaban J connectivity index is 2.96. The SMILES string of the molecule is CC(C)(C)OC(=O)Nc1nc(/C(=N/OC(C)(C)C(=O)OC(C)(C)C)C(=O)Cl)ns1. The monoisotopic (exact) mass is 448 g/mol. The van der Waals surface area contributed by atoms with Gasteiger partial charge in [0.15, 0.2) is 0 Å². The van der Waals surface area contributed by atoms with E-state index >= 15 is 0 Å². The van der Waals surface area contributed by atoms with E-state index in [2.05, 4.69) is 19.8 Å². The molecule has 1 amide bonds. The third-order valence-electron chi connectivity index (χ3n) is 2.69. The first kappa shape index (κ1) is 24.8. The highest BCUT2D eigenvalue weighted by molar-refractivity contribution is 7.10. The van der Waals surface area contributed by atoms with Crippen LogP contribution in [0, 0.1) is 0 Å². The zero-order chi connectivity index (χ0) is 22.6. The number of esters is 1. The van der Waals surface area contributed by atoms with Gasteiger partial charge in [-0.2, -0.15) is 9.36 Å². The number of carbonyl (C=O) groups is 3. The van der Waals surface area contributed by atoms with Gasteiger partial charge in [-0.05, 0) is 67.0 Å². The number of aromatic nitrogens is 2. The first-order valence-corrected chi connectivity index (χ1v) is 9.69. The Bertz CT molecular complexity index is 808. The van der Waals surface area contributed by atoms with Gasteiger partial charge in [-0.25, -0.2) is 9.59 Å². The number of hydrogen-bond donors (Lipinski definition) is 1. The molecule has 0 aromatic carbocycles. The molecule has 0 spiro atoms. The fraction of sp³-hybridized carbons (Fsp3) is 0.647. The van der Waals surface area contributed by atoms with Gasteiger partial charge in [-0.1, -0.05) is 5.16 Å². The number of nitrogens with zero attached hydrogens (tertiary/aromatic N) is 3. The van der Waals surface area contributed by atoms with E-state index in [0.717, 1.165) is 11.5 Å². The number of hydrogen-bond acceptors (Lipinski definition) is 10. The molecule has 29 heavy (non-hydrogen) atoms. The summed E-state index contributed by atoms with van der Waals surface area (Å²) < 4.78 is 14.3. The molecule has 162 valence electrons. The molecule has 0 saturated heterocycles. The molecular weight excluding hydrogens is 424 g/mol. The van der Waals surface area contributed by atoms with Crippen molar-refractivity contribution in [1.82, 2.24) is 9.36 Å². The number of oxime groups is 1. The molecule has 0 bridgehead atoms. The van der Waals surface area contributed by atoms with E-state index in [4.69, 9.17) is 25.9 Å². The van der Waals surface area contributed by atoms with E-state index in [9.17, 15) is 14.4 Å². The van der Waals surface area contributed by atoms with E-state index in [1.165, 1.54) is 13.8 Å². The van der Waals surface area contributed by atoms with Crippen LogP contribution in [0.5, 0.6) is 0 Å². The predicted octanol–water partition coefficient (Wildman–Crippen LogP) is 3.49. The van der Waals surface area contributed by atoms with Crippen LogP contribution in [-0.4, -0.2) is 49.2 Å². The molecule has 0 radical (unpaired) electrons. The van der Waals surface area contributed by atoms with Crippen molar-refractivity contribution in [3.8, 4) is 0 Å². The number of carbonyl (C=O) groups excluding carboxylic acids is 3. The number of anilines is 1.